The van der Waals surface area contributed by atoms with Crippen molar-refractivity contribution in [1.82, 2.24) is 4.98 Å². The van der Waals surface area contributed by atoms with Gasteiger partial charge in [0.25, 0.3) is 0 Å². The zero-order valence-corrected chi connectivity index (χ0v) is 21.8. The van der Waals surface area contributed by atoms with E-state index in [9.17, 15) is 18.0 Å². The highest BCUT2D eigenvalue weighted by Crippen LogP contribution is 2.55. The molecule has 0 aliphatic carbocycles. The standard InChI is InChI=1S/C25H20ClN3O4S3/c26-16-8-6-14(7-9-16)19-20(23(30)28-17-10-12-18(13-11-17)36(27,32)33)21(15-4-2-1-3-5-15)34-24-22(19)35-25(31)29-24/h1-13,19-21H,(H,28,30)(H,29,31)(H2,27,32,33)/t19-,20-,21+/m1/s1. The molecule has 3 aromatic carbocycles. The Bertz CT molecular complexity index is 1570. The van der Waals surface area contributed by atoms with Gasteiger partial charge in [0, 0.05) is 26.8 Å². The number of H-pyrrole nitrogens is 1. The molecule has 0 bridgehead atoms. The summed E-state index contributed by atoms with van der Waals surface area (Å²) in [6.45, 7) is 0. The molecule has 7 nitrogen and oxygen atoms in total. The van der Waals surface area contributed by atoms with Crippen LogP contribution < -0.4 is 15.3 Å². The Morgan fingerprint density at radius 2 is 1.61 bits per heavy atom. The average molecular weight is 558 g/mol. The summed E-state index contributed by atoms with van der Waals surface area (Å²) in [5.41, 5.74) is 2.25. The monoisotopic (exact) mass is 557 g/mol. The number of rotatable bonds is 5. The zero-order valence-electron chi connectivity index (χ0n) is 18.6. The Morgan fingerprint density at radius 3 is 2.25 bits per heavy atom. The number of hydrogen-bond acceptors (Lipinski definition) is 6. The molecule has 4 aromatic rings. The minimum absolute atomic E-state index is 0.0448. The Kier molecular flexibility index (Phi) is 6.80. The molecule has 36 heavy (non-hydrogen) atoms. The molecule has 4 N–H and O–H groups in total. The molecule has 1 aliphatic rings. The average Bonchev–Trinajstić information content (AvgIpc) is 3.23. The number of thioether (sulfide) groups is 1. The first kappa shape index (κ1) is 24.8. The fourth-order valence-corrected chi connectivity index (χ4v) is 7.60. The lowest BCUT2D eigenvalue weighted by Gasteiger charge is -2.36. The van der Waals surface area contributed by atoms with Crippen LogP contribution in [0, 0.1) is 5.92 Å². The zero-order chi connectivity index (χ0) is 25.4. The predicted molar refractivity (Wildman–Crippen MR) is 143 cm³/mol. The van der Waals surface area contributed by atoms with Crippen molar-refractivity contribution in [3.05, 3.63) is 110 Å². The van der Waals surface area contributed by atoms with Gasteiger partial charge in [-0.3, -0.25) is 9.59 Å². The summed E-state index contributed by atoms with van der Waals surface area (Å²) in [5, 5.41) is 9.16. The molecule has 0 radical (unpaired) electrons. The van der Waals surface area contributed by atoms with Crippen LogP contribution in [0.2, 0.25) is 5.02 Å². The second-order valence-corrected chi connectivity index (χ2v) is 12.4. The lowest BCUT2D eigenvalue weighted by atomic mass is 9.79. The minimum atomic E-state index is -3.85. The molecule has 0 saturated carbocycles. The van der Waals surface area contributed by atoms with Gasteiger partial charge in [-0.1, -0.05) is 77.2 Å². The normalized spacial score (nSPS) is 19.4. The maximum absolute atomic E-state index is 13.9. The molecule has 184 valence electrons. The van der Waals surface area contributed by atoms with Gasteiger partial charge < -0.3 is 10.3 Å². The maximum Gasteiger partial charge on any atom is 0.305 e. The van der Waals surface area contributed by atoms with E-state index in [2.05, 4.69) is 10.3 Å². The van der Waals surface area contributed by atoms with Gasteiger partial charge in [-0.25, -0.2) is 13.6 Å². The van der Waals surface area contributed by atoms with Gasteiger partial charge in [-0.05, 0) is 47.5 Å². The number of fused-ring (bicyclic) bond motifs is 1. The number of nitrogens with two attached hydrogens (primary N) is 1. The van der Waals surface area contributed by atoms with Gasteiger partial charge in [0.15, 0.2) is 0 Å². The second kappa shape index (κ2) is 9.87. The van der Waals surface area contributed by atoms with Crippen LogP contribution >= 0.6 is 34.7 Å². The molecular formula is C25H20ClN3O4S3. The van der Waals surface area contributed by atoms with E-state index in [1.807, 2.05) is 42.5 Å². The third-order valence-corrected chi connectivity index (χ3v) is 9.62. The number of hydrogen-bond donors (Lipinski definition) is 3. The minimum Gasteiger partial charge on any atom is -0.326 e. The quantitative estimate of drug-likeness (QED) is 0.320. The first-order valence-corrected chi connectivity index (χ1v) is 14.5. The molecule has 0 fully saturated rings. The van der Waals surface area contributed by atoms with E-state index in [4.69, 9.17) is 16.7 Å². The van der Waals surface area contributed by atoms with Crippen molar-refractivity contribution in [1.29, 1.82) is 0 Å². The highest BCUT2D eigenvalue weighted by Gasteiger charge is 2.45. The molecule has 0 saturated heterocycles. The molecule has 1 amide bonds. The van der Waals surface area contributed by atoms with Gasteiger partial charge in [-0.2, -0.15) is 0 Å². The third kappa shape index (κ3) is 5.00. The van der Waals surface area contributed by atoms with E-state index >= 15 is 0 Å². The van der Waals surface area contributed by atoms with Crippen molar-refractivity contribution in [3.63, 3.8) is 0 Å². The van der Waals surface area contributed by atoms with Crippen LogP contribution in [0.5, 0.6) is 0 Å². The number of thiazole rings is 1. The molecular weight excluding hydrogens is 538 g/mol. The predicted octanol–water partition coefficient (Wildman–Crippen LogP) is 4.97. The fourth-order valence-electron chi connectivity index (χ4n) is 4.35. The Hall–Kier alpha value is -2.89. The smallest absolute Gasteiger partial charge is 0.305 e. The number of carbonyl (C=O) groups is 1. The lowest BCUT2D eigenvalue weighted by molar-refractivity contribution is -0.120. The fraction of sp³-hybridized carbons (Fsp3) is 0.120. The van der Waals surface area contributed by atoms with Crippen molar-refractivity contribution in [2.45, 2.75) is 21.1 Å². The van der Waals surface area contributed by atoms with Crippen LogP contribution in [-0.4, -0.2) is 19.3 Å². The van der Waals surface area contributed by atoms with Crippen LogP contribution in [0.15, 0.2) is 93.6 Å². The summed E-state index contributed by atoms with van der Waals surface area (Å²) < 4.78 is 23.2. The number of benzene rings is 3. The van der Waals surface area contributed by atoms with Crippen molar-refractivity contribution in [2.75, 3.05) is 5.32 Å². The van der Waals surface area contributed by atoms with Crippen LogP contribution in [0.1, 0.15) is 27.2 Å². The van der Waals surface area contributed by atoms with Crippen LogP contribution in [-0.2, 0) is 14.8 Å². The van der Waals surface area contributed by atoms with Gasteiger partial charge in [0.05, 0.1) is 15.8 Å². The van der Waals surface area contributed by atoms with E-state index in [1.54, 1.807) is 12.1 Å². The molecule has 1 aliphatic heterocycles. The molecule has 0 spiro atoms. The summed E-state index contributed by atoms with van der Waals surface area (Å²) in [4.78, 5) is 29.8. The highest BCUT2D eigenvalue weighted by atomic mass is 35.5. The van der Waals surface area contributed by atoms with Crippen molar-refractivity contribution < 1.29 is 13.2 Å². The number of aromatic nitrogens is 1. The van der Waals surface area contributed by atoms with E-state index < -0.39 is 21.9 Å². The number of anilines is 1. The first-order valence-electron chi connectivity index (χ1n) is 10.8. The summed E-state index contributed by atoms with van der Waals surface area (Å²) >= 11 is 8.70. The Morgan fingerprint density at radius 1 is 0.944 bits per heavy atom. The number of aromatic amines is 1. The molecule has 1 aromatic heterocycles. The molecule has 3 atom stereocenters. The third-order valence-electron chi connectivity index (χ3n) is 5.96. The van der Waals surface area contributed by atoms with Gasteiger partial charge in [0.2, 0.25) is 15.9 Å². The van der Waals surface area contributed by atoms with Crippen LogP contribution in [0.3, 0.4) is 0 Å². The van der Waals surface area contributed by atoms with E-state index in [0.717, 1.165) is 32.4 Å². The van der Waals surface area contributed by atoms with E-state index in [-0.39, 0.29) is 20.9 Å². The topological polar surface area (TPSA) is 122 Å². The number of carbonyl (C=O) groups excluding carboxylic acids is 1. The van der Waals surface area contributed by atoms with Gasteiger partial charge >= 0.3 is 4.87 Å². The van der Waals surface area contributed by atoms with Gasteiger partial charge in [0.1, 0.15) is 0 Å². The second-order valence-electron chi connectivity index (χ2n) is 8.27. The van der Waals surface area contributed by atoms with Crippen LogP contribution in [0.25, 0.3) is 0 Å². The molecule has 11 heteroatoms. The molecule has 2 heterocycles. The summed E-state index contributed by atoms with van der Waals surface area (Å²) in [6.07, 6.45) is 0. The summed E-state index contributed by atoms with van der Waals surface area (Å²) in [5.74, 6) is -1.25. The molecule has 5 rings (SSSR count). The Balaban J connectivity index is 1.60. The summed E-state index contributed by atoms with van der Waals surface area (Å²) in [6, 6.07) is 22.7. The Labute approximate surface area is 220 Å². The van der Waals surface area contributed by atoms with Crippen molar-refractivity contribution in [3.8, 4) is 0 Å². The highest BCUT2D eigenvalue weighted by molar-refractivity contribution is 7.99. The number of sulfonamides is 1. The largest absolute Gasteiger partial charge is 0.326 e. The number of nitrogens with one attached hydrogen (secondary N) is 2. The van der Waals surface area contributed by atoms with E-state index in [0.29, 0.717) is 10.7 Å². The SMILES string of the molecule is NS(=O)(=O)c1ccc(NC(=O)[C@@H]2[C@@H](c3ccc(Cl)cc3)c3sc(=O)[nH]c3S[C@H]2c2ccccc2)cc1. The maximum atomic E-state index is 13.9. The summed E-state index contributed by atoms with van der Waals surface area (Å²) in [7, 11) is -3.85. The number of amides is 1. The number of primary sulfonamides is 1. The lowest BCUT2D eigenvalue weighted by Crippen LogP contribution is -2.34. The van der Waals surface area contributed by atoms with Crippen molar-refractivity contribution >= 4 is 56.3 Å². The molecule has 0 unspecified atom stereocenters. The van der Waals surface area contributed by atoms with Gasteiger partial charge in [-0.15, -0.1) is 0 Å². The van der Waals surface area contributed by atoms with Crippen molar-refractivity contribution in [2.24, 2.45) is 11.1 Å². The van der Waals surface area contributed by atoms with Crippen LogP contribution in [0.4, 0.5) is 5.69 Å². The van der Waals surface area contributed by atoms with E-state index in [1.165, 1.54) is 36.0 Å². The first-order chi connectivity index (χ1) is 17.2. The number of halogens is 1.